The van der Waals surface area contributed by atoms with Gasteiger partial charge in [-0.1, -0.05) is 31.0 Å². The Morgan fingerprint density at radius 3 is 2.31 bits per heavy atom. The summed E-state index contributed by atoms with van der Waals surface area (Å²) in [5.74, 6) is -1.63. The smallest absolute Gasteiger partial charge is 0.435 e. The van der Waals surface area contributed by atoms with Crippen molar-refractivity contribution in [1.29, 1.82) is 5.26 Å². The second-order valence-corrected chi connectivity index (χ2v) is 17.0. The second-order valence-electron chi connectivity index (χ2n) is 15.0. The Bertz CT molecular complexity index is 2070. The highest BCUT2D eigenvalue weighted by Crippen LogP contribution is 2.43. The predicted molar refractivity (Wildman–Crippen MR) is 195 cm³/mol. The van der Waals surface area contributed by atoms with Gasteiger partial charge >= 0.3 is 12.3 Å². The van der Waals surface area contributed by atoms with Crippen LogP contribution in [0.3, 0.4) is 0 Å². The summed E-state index contributed by atoms with van der Waals surface area (Å²) in [6.07, 6.45) is -2.74. The molecule has 11 nitrogen and oxygen atoms in total. The Balaban J connectivity index is 1.57. The molecule has 2 amide bonds. The minimum atomic E-state index is -4.95. The number of hydrogen-bond acceptors (Lipinski definition) is 8. The predicted octanol–water partition coefficient (Wildman–Crippen LogP) is 8.38. The van der Waals surface area contributed by atoms with E-state index in [0.717, 1.165) is 23.6 Å². The number of pyridine rings is 1. The zero-order chi connectivity index (χ0) is 39.6. The molecule has 2 heterocycles. The molecular formula is C38H41F4N7O4S. The van der Waals surface area contributed by atoms with E-state index in [1.54, 1.807) is 53.7 Å². The molecule has 1 aliphatic carbocycles. The number of aromatic nitrogens is 3. The lowest BCUT2D eigenvalue weighted by Gasteiger charge is -2.38. The summed E-state index contributed by atoms with van der Waals surface area (Å²) in [5, 5.41) is 18.2. The summed E-state index contributed by atoms with van der Waals surface area (Å²) in [5.41, 5.74) is -3.59. The van der Waals surface area contributed by atoms with Gasteiger partial charge in [-0.3, -0.25) is 10.1 Å². The second kappa shape index (κ2) is 15.4. The number of carbonyl (C=O) groups excluding carboxylic acids is 2. The SMILES string of the molecule is CC(C)(C)OC(=O)Nc1cccc(-n2nc(C(F)(F)F)cc2C(=O)Nc2cc(C(CCC3CC3)(N[S+]([O-])C(C)(C)C)c3cccc(C#N)n3)ccc2F)c1. The Hall–Kier alpha value is -4.98. The zero-order valence-electron chi connectivity index (χ0n) is 30.6. The highest BCUT2D eigenvalue weighted by atomic mass is 32.2. The van der Waals surface area contributed by atoms with Gasteiger partial charge in [0.25, 0.3) is 5.91 Å². The van der Waals surface area contributed by atoms with E-state index >= 15 is 4.39 Å². The molecule has 54 heavy (non-hydrogen) atoms. The van der Waals surface area contributed by atoms with Gasteiger partial charge in [0.15, 0.2) is 5.69 Å². The molecule has 286 valence electrons. The van der Waals surface area contributed by atoms with Crippen molar-refractivity contribution in [1.82, 2.24) is 19.5 Å². The van der Waals surface area contributed by atoms with Crippen molar-refractivity contribution in [3.8, 4) is 11.8 Å². The number of nitrogens with one attached hydrogen (secondary N) is 3. The molecule has 1 saturated carbocycles. The van der Waals surface area contributed by atoms with Crippen molar-refractivity contribution in [2.45, 2.75) is 89.3 Å². The molecular weight excluding hydrogens is 727 g/mol. The molecule has 2 aromatic heterocycles. The first-order chi connectivity index (χ1) is 25.2. The summed E-state index contributed by atoms with van der Waals surface area (Å²) in [7, 11) is 0. The molecule has 5 rings (SSSR count). The van der Waals surface area contributed by atoms with Gasteiger partial charge in [0, 0.05) is 23.1 Å². The molecule has 2 aromatic carbocycles. The standard InChI is InChI=1S/C38H41F4N7O4S/c1-35(2,3)53-34(51)45-25-9-7-11-27(20-25)49-30(21-32(47-49)38(40,41)42)33(50)46-29-19-24(15-16-28(29)39)37(18-17-23-13-14-23,48-54(52)36(4,5)6)31-12-8-10-26(22-43)44-31/h7-12,15-16,19-21,23,48H,13-14,17-18H2,1-6H3,(H,45,51)(H,46,50). The number of nitrogens with zero attached hydrogens (tertiary/aromatic N) is 4. The van der Waals surface area contributed by atoms with Crippen LogP contribution in [0, 0.1) is 23.1 Å². The molecule has 4 aromatic rings. The van der Waals surface area contributed by atoms with Gasteiger partial charge in [-0.2, -0.15) is 23.5 Å². The quantitative estimate of drug-likeness (QED) is 0.102. The van der Waals surface area contributed by atoms with Crippen LogP contribution in [0.15, 0.2) is 66.7 Å². The van der Waals surface area contributed by atoms with Gasteiger partial charge in [0.2, 0.25) is 0 Å². The molecule has 1 fully saturated rings. The lowest BCUT2D eigenvalue weighted by molar-refractivity contribution is -0.141. The fourth-order valence-corrected chi connectivity index (χ4v) is 6.49. The summed E-state index contributed by atoms with van der Waals surface area (Å²) in [4.78, 5) is 30.8. The van der Waals surface area contributed by atoms with E-state index in [4.69, 9.17) is 4.74 Å². The molecule has 0 aliphatic heterocycles. The summed E-state index contributed by atoms with van der Waals surface area (Å²) in [6.45, 7) is 10.3. The molecule has 1 aliphatic rings. The Morgan fingerprint density at radius 2 is 1.69 bits per heavy atom. The number of alkyl halides is 3. The van der Waals surface area contributed by atoms with Crippen LogP contribution >= 0.6 is 0 Å². The maximum Gasteiger partial charge on any atom is 0.435 e. The number of benzene rings is 2. The third-order valence-electron chi connectivity index (χ3n) is 8.42. The molecule has 0 bridgehead atoms. The number of hydrogen-bond donors (Lipinski definition) is 3. The van der Waals surface area contributed by atoms with Crippen LogP contribution in [0.5, 0.6) is 0 Å². The number of nitriles is 1. The molecule has 16 heteroatoms. The molecule has 2 atom stereocenters. The molecule has 3 N–H and O–H groups in total. The summed E-state index contributed by atoms with van der Waals surface area (Å²) < 4.78 is 79.8. The van der Waals surface area contributed by atoms with Crippen LogP contribution in [-0.2, 0) is 27.8 Å². The minimum Gasteiger partial charge on any atom is -0.598 e. The molecule has 2 unspecified atom stereocenters. The van der Waals surface area contributed by atoms with Crippen molar-refractivity contribution in [3.63, 3.8) is 0 Å². The number of carbonyl (C=O) groups is 2. The largest absolute Gasteiger partial charge is 0.598 e. The summed E-state index contributed by atoms with van der Waals surface area (Å²) >= 11 is -1.71. The number of rotatable bonds is 11. The van der Waals surface area contributed by atoms with Crippen LogP contribution < -0.4 is 15.4 Å². The Labute approximate surface area is 313 Å². The first-order valence-corrected chi connectivity index (χ1v) is 18.3. The third-order valence-corrected chi connectivity index (χ3v) is 10.1. The first-order valence-electron chi connectivity index (χ1n) is 17.1. The lowest BCUT2D eigenvalue weighted by Crippen LogP contribution is -2.52. The van der Waals surface area contributed by atoms with Crippen LogP contribution in [0.4, 0.5) is 33.7 Å². The van der Waals surface area contributed by atoms with Gasteiger partial charge in [-0.25, -0.2) is 18.9 Å². The highest BCUT2D eigenvalue weighted by Gasteiger charge is 2.45. The average Bonchev–Trinajstić information content (AvgIpc) is 3.79. The van der Waals surface area contributed by atoms with Gasteiger partial charge in [0.05, 0.1) is 17.1 Å². The van der Waals surface area contributed by atoms with Gasteiger partial charge in [-0.05, 0) is 108 Å². The van der Waals surface area contributed by atoms with Crippen LogP contribution in [0.1, 0.15) is 100 Å². The molecule has 0 radical (unpaired) electrons. The van der Waals surface area contributed by atoms with E-state index in [9.17, 15) is 32.6 Å². The third kappa shape index (κ3) is 9.76. The van der Waals surface area contributed by atoms with E-state index in [1.807, 2.05) is 6.07 Å². The van der Waals surface area contributed by atoms with Crippen molar-refractivity contribution in [3.05, 3.63) is 101 Å². The van der Waals surface area contributed by atoms with Crippen LogP contribution in [0.2, 0.25) is 0 Å². The van der Waals surface area contributed by atoms with Crippen molar-refractivity contribution < 1.29 is 36.4 Å². The normalized spacial score (nSPS) is 15.1. The Kier molecular flexibility index (Phi) is 11.5. The zero-order valence-corrected chi connectivity index (χ0v) is 31.4. The summed E-state index contributed by atoms with van der Waals surface area (Å²) in [6, 6.07) is 16.9. The van der Waals surface area contributed by atoms with E-state index in [-0.39, 0.29) is 22.8 Å². The number of ether oxygens (including phenoxy) is 1. The molecule has 0 saturated heterocycles. The van der Waals surface area contributed by atoms with Crippen molar-refractivity contribution in [2.24, 2.45) is 5.92 Å². The van der Waals surface area contributed by atoms with Gasteiger partial charge in [-0.15, -0.1) is 4.72 Å². The van der Waals surface area contributed by atoms with Gasteiger partial charge in [0.1, 0.15) is 39.2 Å². The van der Waals surface area contributed by atoms with Crippen LogP contribution in [-0.4, -0.2) is 41.7 Å². The highest BCUT2D eigenvalue weighted by molar-refractivity contribution is 7.90. The van der Waals surface area contributed by atoms with E-state index in [1.165, 1.54) is 42.5 Å². The van der Waals surface area contributed by atoms with Gasteiger partial charge < -0.3 is 14.6 Å². The van der Waals surface area contributed by atoms with E-state index in [0.29, 0.717) is 36.1 Å². The van der Waals surface area contributed by atoms with Crippen molar-refractivity contribution in [2.75, 3.05) is 10.6 Å². The molecule has 0 spiro atoms. The fraction of sp³-hybridized carbons (Fsp3) is 0.395. The average molecular weight is 768 g/mol. The number of amides is 2. The first kappa shape index (κ1) is 40.2. The lowest BCUT2D eigenvalue weighted by atomic mass is 9.82. The maximum absolute atomic E-state index is 15.6. The van der Waals surface area contributed by atoms with Crippen molar-refractivity contribution >= 4 is 34.7 Å². The monoisotopic (exact) mass is 767 g/mol. The van der Waals surface area contributed by atoms with E-state index in [2.05, 4.69) is 25.4 Å². The van der Waals surface area contributed by atoms with E-state index < -0.39 is 62.6 Å². The fourth-order valence-electron chi connectivity index (χ4n) is 5.54. The topological polar surface area (TPSA) is 157 Å². The maximum atomic E-state index is 15.6. The number of halogens is 4. The van der Waals surface area contributed by atoms with Crippen LogP contribution in [0.25, 0.3) is 5.69 Å². The minimum absolute atomic E-state index is 0.0187. The number of anilines is 2. The Morgan fingerprint density at radius 1 is 0.981 bits per heavy atom.